The molecule has 1 saturated carbocycles. The molecule has 8 nitrogen and oxygen atoms in total. The van der Waals surface area contributed by atoms with Gasteiger partial charge in [0.1, 0.15) is 0 Å². The highest BCUT2D eigenvalue weighted by Crippen LogP contribution is 2.36. The number of aliphatic hydroxyl groups is 3. The van der Waals surface area contributed by atoms with E-state index in [0.29, 0.717) is 44.2 Å². The van der Waals surface area contributed by atoms with Gasteiger partial charge in [0.25, 0.3) is 0 Å². The third kappa shape index (κ3) is 8.55. The number of azide groups is 1. The molecule has 0 amide bonds. The molecule has 174 valence electrons. The molecule has 1 fully saturated rings. The van der Waals surface area contributed by atoms with E-state index < -0.39 is 24.3 Å². The highest BCUT2D eigenvalue weighted by molar-refractivity contribution is 14.1. The lowest BCUT2D eigenvalue weighted by Crippen LogP contribution is -2.20. The molecule has 4 N–H and O–H groups in total. The number of nitrogens with zero attached hydrogens (tertiary/aromatic N) is 3. The van der Waals surface area contributed by atoms with Crippen LogP contribution in [0, 0.1) is 15.4 Å². The fourth-order valence-electron chi connectivity index (χ4n) is 3.95. The number of unbranched alkanes of at least 4 members (excludes halogenated alkanes) is 1. The maximum atomic E-state index is 10.5. The van der Waals surface area contributed by atoms with Crippen molar-refractivity contribution in [1.82, 2.24) is 0 Å². The third-order valence-electron chi connectivity index (χ3n) is 5.70. The van der Waals surface area contributed by atoms with Crippen molar-refractivity contribution in [2.24, 2.45) is 17.0 Å². The van der Waals surface area contributed by atoms with Crippen LogP contribution in [0.25, 0.3) is 10.4 Å². The molecule has 5 atom stereocenters. The zero-order chi connectivity index (χ0) is 23.5. The van der Waals surface area contributed by atoms with E-state index in [9.17, 15) is 20.1 Å². The molecule has 0 unspecified atom stereocenters. The van der Waals surface area contributed by atoms with Gasteiger partial charge in [0.05, 0.1) is 24.0 Å². The highest BCUT2D eigenvalue weighted by atomic mass is 127. The van der Waals surface area contributed by atoms with Gasteiger partial charge in [-0.25, -0.2) is 0 Å². The van der Waals surface area contributed by atoms with E-state index >= 15 is 0 Å². The fraction of sp³-hybridized carbons (Fsp3) is 0.522. The van der Waals surface area contributed by atoms with Crippen molar-refractivity contribution >= 4 is 34.2 Å². The molecule has 9 heteroatoms. The van der Waals surface area contributed by atoms with Gasteiger partial charge in [-0.15, -0.1) is 0 Å². The van der Waals surface area contributed by atoms with Crippen LogP contribution in [0.1, 0.15) is 44.1 Å². The first-order valence-corrected chi connectivity index (χ1v) is 11.8. The van der Waals surface area contributed by atoms with Gasteiger partial charge < -0.3 is 20.4 Å². The molecule has 0 saturated heterocycles. The smallest absolute Gasteiger partial charge is 0.303 e. The number of aryl methyl sites for hydroxylation is 1. The summed E-state index contributed by atoms with van der Waals surface area (Å²) in [6, 6.07) is 5.56. The first-order valence-electron chi connectivity index (χ1n) is 10.7. The molecule has 0 heterocycles. The van der Waals surface area contributed by atoms with Crippen LogP contribution >= 0.6 is 22.6 Å². The minimum Gasteiger partial charge on any atom is -0.481 e. The summed E-state index contributed by atoms with van der Waals surface area (Å²) in [7, 11) is 0. The number of carbonyl (C=O) groups is 1. The fourth-order valence-corrected chi connectivity index (χ4v) is 4.64. The molecule has 0 bridgehead atoms. The Balaban J connectivity index is 1.87. The van der Waals surface area contributed by atoms with Crippen LogP contribution in [0.3, 0.4) is 0 Å². The largest absolute Gasteiger partial charge is 0.481 e. The summed E-state index contributed by atoms with van der Waals surface area (Å²) in [6.45, 7) is 0. The second-order valence-electron chi connectivity index (χ2n) is 8.07. The zero-order valence-corrected chi connectivity index (χ0v) is 20.0. The van der Waals surface area contributed by atoms with Crippen molar-refractivity contribution in [3.05, 3.63) is 62.1 Å². The summed E-state index contributed by atoms with van der Waals surface area (Å²) in [5, 5.41) is 43.3. The summed E-state index contributed by atoms with van der Waals surface area (Å²) in [6.07, 6.45) is 8.83. The molecule has 1 aliphatic rings. The molecule has 32 heavy (non-hydrogen) atoms. The standard InChI is InChI=1S/C23H30IN3O5/c24-19-13-15(8-12-20(19)26-27-25)7-9-16(28)10-11-18-17(21(29)14-22(18)30)5-3-1-2-4-6-23(31)32/h1,3,8,10-13,16-18,21-22,28-30H,2,4-7,9,14H2,(H,31,32)/b3-1-,11-10+/t16-,17-,18-,21+,22-/m1/s1. The number of carboxylic acid groups (broad SMARTS) is 1. The predicted octanol–water partition coefficient (Wildman–Crippen LogP) is 4.64. The summed E-state index contributed by atoms with van der Waals surface area (Å²) in [4.78, 5) is 13.3. The van der Waals surface area contributed by atoms with Crippen LogP contribution in [-0.2, 0) is 11.2 Å². The van der Waals surface area contributed by atoms with Crippen LogP contribution < -0.4 is 0 Å². The predicted molar refractivity (Wildman–Crippen MR) is 130 cm³/mol. The third-order valence-corrected chi connectivity index (χ3v) is 6.57. The molecule has 0 aromatic heterocycles. The van der Waals surface area contributed by atoms with Gasteiger partial charge in [-0.1, -0.05) is 41.6 Å². The van der Waals surface area contributed by atoms with E-state index in [-0.39, 0.29) is 18.3 Å². The summed E-state index contributed by atoms with van der Waals surface area (Å²) >= 11 is 2.11. The van der Waals surface area contributed by atoms with Gasteiger partial charge in [-0.3, -0.25) is 4.79 Å². The average molecular weight is 555 g/mol. The zero-order valence-electron chi connectivity index (χ0n) is 17.8. The normalized spacial score (nSPS) is 24.1. The van der Waals surface area contributed by atoms with Crippen molar-refractivity contribution in [3.63, 3.8) is 0 Å². The van der Waals surface area contributed by atoms with Gasteiger partial charge in [0.15, 0.2) is 0 Å². The van der Waals surface area contributed by atoms with Gasteiger partial charge in [-0.05, 0) is 77.8 Å². The number of hydrogen-bond donors (Lipinski definition) is 4. The van der Waals surface area contributed by atoms with Crippen molar-refractivity contribution in [3.8, 4) is 0 Å². The van der Waals surface area contributed by atoms with Crippen molar-refractivity contribution in [2.45, 2.75) is 63.3 Å². The number of benzene rings is 1. The second-order valence-corrected chi connectivity index (χ2v) is 9.23. The number of aliphatic carboxylic acids is 1. The Morgan fingerprint density at radius 1 is 1.31 bits per heavy atom. The van der Waals surface area contributed by atoms with Gasteiger partial charge in [-0.2, -0.15) is 0 Å². The molecular formula is C23H30IN3O5. The molecule has 1 aliphatic carbocycles. The number of hydrogen-bond acceptors (Lipinski definition) is 5. The lowest BCUT2D eigenvalue weighted by atomic mass is 9.89. The van der Waals surface area contributed by atoms with E-state index in [1.807, 2.05) is 30.4 Å². The van der Waals surface area contributed by atoms with Crippen molar-refractivity contribution < 1.29 is 25.2 Å². The van der Waals surface area contributed by atoms with E-state index in [4.69, 9.17) is 10.6 Å². The number of rotatable bonds is 12. The van der Waals surface area contributed by atoms with Crippen LogP contribution in [-0.4, -0.2) is 44.7 Å². The second kappa shape index (κ2) is 13.6. The molecule has 0 radical (unpaired) electrons. The van der Waals surface area contributed by atoms with Crippen LogP contribution in [0.4, 0.5) is 5.69 Å². The quantitative estimate of drug-likeness (QED) is 0.0741. The van der Waals surface area contributed by atoms with Gasteiger partial charge in [0, 0.05) is 27.2 Å². The summed E-state index contributed by atoms with van der Waals surface area (Å²) < 4.78 is 0.852. The first-order chi connectivity index (χ1) is 15.3. The molecule has 0 aliphatic heterocycles. The monoisotopic (exact) mass is 555 g/mol. The Labute approximate surface area is 201 Å². The Morgan fingerprint density at radius 3 is 2.78 bits per heavy atom. The lowest BCUT2D eigenvalue weighted by molar-refractivity contribution is -0.137. The number of halogens is 1. The minimum absolute atomic E-state index is 0.134. The molecule has 2 rings (SSSR count). The van der Waals surface area contributed by atoms with Gasteiger partial charge >= 0.3 is 5.97 Å². The number of aliphatic hydroxyl groups excluding tert-OH is 3. The number of allylic oxidation sites excluding steroid dienone is 2. The Morgan fingerprint density at radius 2 is 2.09 bits per heavy atom. The summed E-state index contributed by atoms with van der Waals surface area (Å²) in [5.41, 5.74) is 10.2. The minimum atomic E-state index is -0.809. The van der Waals surface area contributed by atoms with Crippen LogP contribution in [0.2, 0.25) is 0 Å². The van der Waals surface area contributed by atoms with E-state index in [1.165, 1.54) is 0 Å². The Hall–Kier alpha value is -1.91. The molecular weight excluding hydrogens is 525 g/mol. The van der Waals surface area contributed by atoms with Crippen LogP contribution in [0.15, 0.2) is 47.6 Å². The van der Waals surface area contributed by atoms with Crippen molar-refractivity contribution in [1.29, 1.82) is 0 Å². The maximum absolute atomic E-state index is 10.5. The Bertz CT molecular complexity index is 869. The van der Waals surface area contributed by atoms with E-state index in [2.05, 4.69) is 32.6 Å². The SMILES string of the molecule is [N-]=[N+]=Nc1ccc(CC[C@@H](O)/C=C/[C@@H]2[C@@H](C/C=C\CCCC(=O)O)[C@@H](O)C[C@H]2O)cc1I. The van der Waals surface area contributed by atoms with E-state index in [0.717, 1.165) is 9.13 Å². The first kappa shape index (κ1) is 26.3. The van der Waals surface area contributed by atoms with E-state index in [1.54, 1.807) is 12.1 Å². The number of carboxylic acids is 1. The van der Waals surface area contributed by atoms with Crippen molar-refractivity contribution in [2.75, 3.05) is 0 Å². The highest BCUT2D eigenvalue weighted by Gasteiger charge is 2.39. The molecule has 0 spiro atoms. The van der Waals surface area contributed by atoms with Crippen LogP contribution in [0.5, 0.6) is 0 Å². The molecule has 1 aromatic rings. The summed E-state index contributed by atoms with van der Waals surface area (Å²) in [5.74, 6) is -1.19. The Kier molecular flexibility index (Phi) is 11.2. The molecule has 1 aromatic carbocycles. The van der Waals surface area contributed by atoms with Gasteiger partial charge in [0.2, 0.25) is 0 Å². The average Bonchev–Trinajstić information content (AvgIpc) is 3.01. The topological polar surface area (TPSA) is 147 Å². The maximum Gasteiger partial charge on any atom is 0.303 e. The lowest BCUT2D eigenvalue weighted by Gasteiger charge is -2.19.